The first-order valence-corrected chi connectivity index (χ1v) is 11.4. The zero-order valence-corrected chi connectivity index (χ0v) is 17.3. The van der Waals surface area contributed by atoms with E-state index in [-0.39, 0.29) is 5.91 Å². The quantitative estimate of drug-likeness (QED) is 0.604. The van der Waals surface area contributed by atoms with E-state index in [1.165, 1.54) is 17.7 Å². The Bertz CT molecular complexity index is 861. The van der Waals surface area contributed by atoms with Crippen LogP contribution in [-0.2, 0) is 17.8 Å². The first-order valence-electron chi connectivity index (χ1n) is 9.64. The largest absolute Gasteiger partial charge is 0.356 e. The maximum atomic E-state index is 12.2. The second-order valence-corrected chi connectivity index (χ2v) is 9.10. The number of aryl methyl sites for hydroxylation is 1. The smallest absolute Gasteiger partial charge is 0.227 e. The second-order valence-electron chi connectivity index (χ2n) is 7.12. The number of piperidine rings is 1. The number of nitrogens with zero attached hydrogens (tertiary/aromatic N) is 3. The van der Waals surface area contributed by atoms with Crippen LogP contribution in [0.3, 0.4) is 0 Å². The molecule has 3 aromatic rings. The van der Waals surface area contributed by atoms with E-state index >= 15 is 0 Å². The van der Waals surface area contributed by atoms with Crippen LogP contribution in [0.4, 0.5) is 0 Å². The first-order chi connectivity index (χ1) is 13.8. The van der Waals surface area contributed by atoms with E-state index in [4.69, 9.17) is 4.52 Å². The van der Waals surface area contributed by atoms with Gasteiger partial charge in [0.25, 0.3) is 0 Å². The fourth-order valence-corrected chi connectivity index (χ4v) is 4.91. The van der Waals surface area contributed by atoms with Gasteiger partial charge in [0.05, 0.1) is 4.88 Å². The number of carbonyl (C=O) groups is 1. The lowest BCUT2D eigenvalue weighted by molar-refractivity contribution is -0.121. The van der Waals surface area contributed by atoms with Crippen molar-refractivity contribution >= 4 is 28.6 Å². The van der Waals surface area contributed by atoms with E-state index in [2.05, 4.69) is 37.9 Å². The van der Waals surface area contributed by atoms with E-state index in [1.807, 2.05) is 28.8 Å². The van der Waals surface area contributed by atoms with Crippen molar-refractivity contribution in [3.05, 3.63) is 45.8 Å². The van der Waals surface area contributed by atoms with Gasteiger partial charge in [0.15, 0.2) is 0 Å². The Kier molecular flexibility index (Phi) is 6.51. The lowest BCUT2D eigenvalue weighted by Crippen LogP contribution is -2.40. The highest BCUT2D eigenvalue weighted by Crippen LogP contribution is 2.22. The van der Waals surface area contributed by atoms with Crippen LogP contribution in [0.15, 0.2) is 39.5 Å². The second kappa shape index (κ2) is 9.45. The molecule has 1 amide bonds. The fourth-order valence-electron chi connectivity index (χ4n) is 3.51. The van der Waals surface area contributed by atoms with Gasteiger partial charge in [0.1, 0.15) is 0 Å². The van der Waals surface area contributed by atoms with Gasteiger partial charge in [-0.2, -0.15) is 4.98 Å². The number of rotatable bonds is 8. The number of hydrogen-bond acceptors (Lipinski definition) is 7. The molecular formula is C20H24N4O2S2. The minimum atomic E-state index is 0.0475. The van der Waals surface area contributed by atoms with Crippen LogP contribution in [0.5, 0.6) is 0 Å². The molecule has 0 radical (unpaired) electrons. The highest BCUT2D eigenvalue weighted by molar-refractivity contribution is 7.13. The summed E-state index contributed by atoms with van der Waals surface area (Å²) in [7, 11) is 0. The molecule has 4 rings (SSSR count). The standard InChI is InChI=1S/C20H24N4O2S2/c25-18(7-8-19-22-20(23-26-19)17-6-3-11-28-17)21-12-15-4-1-9-24(13-15)14-16-5-2-10-27-16/h2-3,5-6,10-11,15H,1,4,7-9,12-14H2,(H,21,25). The predicted molar refractivity (Wildman–Crippen MR) is 111 cm³/mol. The van der Waals surface area contributed by atoms with Crippen LogP contribution in [-0.4, -0.2) is 40.6 Å². The first kappa shape index (κ1) is 19.3. The minimum absolute atomic E-state index is 0.0475. The molecule has 0 bridgehead atoms. The molecule has 1 unspecified atom stereocenters. The molecule has 0 spiro atoms. The molecule has 0 saturated carbocycles. The van der Waals surface area contributed by atoms with Gasteiger partial charge in [-0.05, 0) is 48.2 Å². The summed E-state index contributed by atoms with van der Waals surface area (Å²) < 4.78 is 5.26. The molecule has 28 heavy (non-hydrogen) atoms. The van der Waals surface area contributed by atoms with E-state index in [1.54, 1.807) is 11.3 Å². The summed E-state index contributed by atoms with van der Waals surface area (Å²) in [5.74, 6) is 1.68. The maximum absolute atomic E-state index is 12.2. The number of aromatic nitrogens is 2. The molecule has 148 valence electrons. The predicted octanol–water partition coefficient (Wildman–Crippen LogP) is 3.82. The molecule has 1 fully saturated rings. The van der Waals surface area contributed by atoms with Crippen LogP contribution in [0.1, 0.15) is 30.0 Å². The molecule has 8 heteroatoms. The Morgan fingerprint density at radius 2 is 2.18 bits per heavy atom. The van der Waals surface area contributed by atoms with Crippen LogP contribution in [0.25, 0.3) is 10.7 Å². The van der Waals surface area contributed by atoms with Crippen molar-refractivity contribution in [3.63, 3.8) is 0 Å². The van der Waals surface area contributed by atoms with Gasteiger partial charge in [-0.25, -0.2) is 0 Å². The minimum Gasteiger partial charge on any atom is -0.356 e. The van der Waals surface area contributed by atoms with E-state index in [0.717, 1.165) is 31.1 Å². The van der Waals surface area contributed by atoms with Crippen molar-refractivity contribution in [1.82, 2.24) is 20.4 Å². The fraction of sp³-hybridized carbons (Fsp3) is 0.450. The van der Waals surface area contributed by atoms with E-state index < -0.39 is 0 Å². The summed E-state index contributed by atoms with van der Waals surface area (Å²) in [6, 6.07) is 8.21. The van der Waals surface area contributed by atoms with Crippen LogP contribution in [0, 0.1) is 5.92 Å². The molecule has 4 heterocycles. The van der Waals surface area contributed by atoms with E-state index in [9.17, 15) is 4.79 Å². The van der Waals surface area contributed by atoms with Crippen LogP contribution >= 0.6 is 22.7 Å². The Morgan fingerprint density at radius 1 is 1.29 bits per heavy atom. The molecule has 0 aromatic carbocycles. The van der Waals surface area contributed by atoms with Crippen molar-refractivity contribution < 1.29 is 9.32 Å². The molecule has 6 nitrogen and oxygen atoms in total. The highest BCUT2D eigenvalue weighted by atomic mass is 32.1. The highest BCUT2D eigenvalue weighted by Gasteiger charge is 2.21. The number of nitrogens with one attached hydrogen (secondary N) is 1. The summed E-state index contributed by atoms with van der Waals surface area (Å²) in [6.07, 6.45) is 3.21. The van der Waals surface area contributed by atoms with Crippen LogP contribution in [0.2, 0.25) is 0 Å². The summed E-state index contributed by atoms with van der Waals surface area (Å²) >= 11 is 3.38. The topological polar surface area (TPSA) is 71.3 Å². The van der Waals surface area contributed by atoms with Gasteiger partial charge in [-0.3, -0.25) is 9.69 Å². The van der Waals surface area contributed by atoms with Crippen molar-refractivity contribution in [2.75, 3.05) is 19.6 Å². The molecule has 3 aromatic heterocycles. The average Bonchev–Trinajstić information content (AvgIpc) is 3.47. The summed E-state index contributed by atoms with van der Waals surface area (Å²) in [5.41, 5.74) is 0. The third-order valence-electron chi connectivity index (χ3n) is 4.93. The van der Waals surface area contributed by atoms with Crippen molar-refractivity contribution in [3.8, 4) is 10.7 Å². The lowest BCUT2D eigenvalue weighted by atomic mass is 9.98. The maximum Gasteiger partial charge on any atom is 0.227 e. The zero-order chi connectivity index (χ0) is 19.2. The Labute approximate surface area is 172 Å². The summed E-state index contributed by atoms with van der Waals surface area (Å²) in [5, 5.41) is 11.2. The van der Waals surface area contributed by atoms with Crippen molar-refractivity contribution in [2.45, 2.75) is 32.2 Å². The van der Waals surface area contributed by atoms with E-state index in [0.29, 0.717) is 30.5 Å². The SMILES string of the molecule is O=C(CCc1nc(-c2cccs2)no1)NCC1CCCN(Cc2cccs2)C1. The lowest BCUT2D eigenvalue weighted by Gasteiger charge is -2.32. The molecule has 1 aliphatic heterocycles. The van der Waals surface area contributed by atoms with Gasteiger partial charge in [0, 0.05) is 37.4 Å². The number of carbonyl (C=O) groups excluding carboxylic acids is 1. The van der Waals surface area contributed by atoms with Crippen molar-refractivity contribution in [1.29, 1.82) is 0 Å². The van der Waals surface area contributed by atoms with Crippen molar-refractivity contribution in [2.24, 2.45) is 5.92 Å². The molecular weight excluding hydrogens is 392 g/mol. The Balaban J connectivity index is 1.18. The molecule has 1 atom stereocenters. The zero-order valence-electron chi connectivity index (χ0n) is 15.7. The van der Waals surface area contributed by atoms with Gasteiger partial charge in [-0.1, -0.05) is 17.3 Å². The normalized spacial score (nSPS) is 17.6. The van der Waals surface area contributed by atoms with Gasteiger partial charge >= 0.3 is 0 Å². The Morgan fingerprint density at radius 3 is 3.00 bits per heavy atom. The Hall–Kier alpha value is -2.03. The van der Waals surface area contributed by atoms with Crippen LogP contribution < -0.4 is 5.32 Å². The average molecular weight is 417 g/mol. The molecule has 1 saturated heterocycles. The molecule has 1 aliphatic rings. The summed E-state index contributed by atoms with van der Waals surface area (Å²) in [4.78, 5) is 21.5. The number of thiophene rings is 2. The third-order valence-corrected chi connectivity index (χ3v) is 6.65. The number of likely N-dealkylation sites (tertiary alicyclic amines) is 1. The van der Waals surface area contributed by atoms with Gasteiger partial charge in [-0.15, -0.1) is 22.7 Å². The van der Waals surface area contributed by atoms with Gasteiger partial charge < -0.3 is 9.84 Å². The number of hydrogen-bond donors (Lipinski definition) is 1. The monoisotopic (exact) mass is 416 g/mol. The molecule has 0 aliphatic carbocycles. The third kappa shape index (κ3) is 5.27. The number of amides is 1. The summed E-state index contributed by atoms with van der Waals surface area (Å²) in [6.45, 7) is 3.95. The molecule has 1 N–H and O–H groups in total. The van der Waals surface area contributed by atoms with Gasteiger partial charge in [0.2, 0.25) is 17.6 Å².